The van der Waals surface area contributed by atoms with Crippen LogP contribution in [0.2, 0.25) is 0 Å². The van der Waals surface area contributed by atoms with Crippen molar-refractivity contribution in [2.24, 2.45) is 4.99 Å². The number of carbonyl (C=O) groups is 2. The molecule has 0 radical (unpaired) electrons. The summed E-state index contributed by atoms with van der Waals surface area (Å²) in [7, 11) is -3.12. The predicted molar refractivity (Wildman–Crippen MR) is 120 cm³/mol. The Labute approximate surface area is 180 Å². The van der Waals surface area contributed by atoms with E-state index in [0.717, 1.165) is 11.3 Å². The number of carbonyl (C=O) groups excluding carboxylic acids is 2. The van der Waals surface area contributed by atoms with Crippen LogP contribution in [0.25, 0.3) is 0 Å². The van der Waals surface area contributed by atoms with Gasteiger partial charge in [0.25, 0.3) is 0 Å². The summed E-state index contributed by atoms with van der Waals surface area (Å²) in [5.74, 6) is -0.143. The van der Waals surface area contributed by atoms with Crippen molar-refractivity contribution < 1.29 is 18.0 Å². The Kier molecular flexibility index (Phi) is 5.79. The number of anilines is 1. The topological polar surface area (TPSA) is 83.9 Å². The molecule has 0 aromatic heterocycles. The third-order valence-corrected chi connectivity index (χ3v) is 8.52. The van der Waals surface area contributed by atoms with E-state index in [0.29, 0.717) is 23.6 Å². The summed E-state index contributed by atoms with van der Waals surface area (Å²) in [5.41, 5.74) is 2.40. The summed E-state index contributed by atoms with van der Waals surface area (Å²) < 4.78 is 24.3. The summed E-state index contributed by atoms with van der Waals surface area (Å²) in [4.78, 5) is 30.3. The number of thioether (sulfide) groups is 1. The molecule has 0 spiro atoms. The van der Waals surface area contributed by atoms with Crippen LogP contribution in [0.3, 0.4) is 0 Å². The van der Waals surface area contributed by atoms with Gasteiger partial charge in [-0.05, 0) is 43.2 Å². The number of sulfone groups is 1. The monoisotopic (exact) mass is 442 g/mol. The highest BCUT2D eigenvalue weighted by Crippen LogP contribution is 2.41. The van der Waals surface area contributed by atoms with Gasteiger partial charge in [0, 0.05) is 22.9 Å². The first-order chi connectivity index (χ1) is 14.3. The van der Waals surface area contributed by atoms with Gasteiger partial charge in [0.15, 0.2) is 20.8 Å². The maximum absolute atomic E-state index is 12.5. The molecule has 2 fully saturated rings. The number of benzene rings is 2. The largest absolute Gasteiger partial charge is 0.316 e. The quantitative estimate of drug-likeness (QED) is 0.662. The highest BCUT2D eigenvalue weighted by molar-refractivity contribution is 8.16. The van der Waals surface area contributed by atoms with Gasteiger partial charge in [0.05, 0.1) is 17.5 Å². The van der Waals surface area contributed by atoms with E-state index in [4.69, 9.17) is 0 Å². The lowest BCUT2D eigenvalue weighted by Gasteiger charge is -2.24. The zero-order chi connectivity index (χ0) is 21.3. The fourth-order valence-electron chi connectivity index (χ4n) is 3.78. The highest BCUT2D eigenvalue weighted by atomic mass is 32.2. The molecule has 2 aliphatic rings. The highest BCUT2D eigenvalue weighted by Gasteiger charge is 2.49. The molecule has 4 rings (SSSR count). The Hall–Kier alpha value is -2.45. The van der Waals surface area contributed by atoms with E-state index in [-0.39, 0.29) is 34.5 Å². The predicted octanol–water partition coefficient (Wildman–Crippen LogP) is 3.12. The second kappa shape index (κ2) is 8.35. The summed E-state index contributed by atoms with van der Waals surface area (Å²) >= 11 is 1.36. The standard InChI is InChI=1S/C22H22N2O4S2/c1-15(25)17-8-10-18(11-9-17)24-19-13-30(27,28)14-20(19)29-22(24)23-21(26)12-7-16-5-3-2-4-6-16/h2-6,8-11,19-20H,7,12-14H2,1H3/t19-,20-/m0/s1. The van der Waals surface area contributed by atoms with Gasteiger partial charge in [-0.3, -0.25) is 9.59 Å². The number of hydrogen-bond acceptors (Lipinski definition) is 5. The normalized spacial score (nSPS) is 23.5. The zero-order valence-electron chi connectivity index (χ0n) is 16.5. The van der Waals surface area contributed by atoms with Gasteiger partial charge >= 0.3 is 0 Å². The van der Waals surface area contributed by atoms with Crippen molar-refractivity contribution in [1.82, 2.24) is 0 Å². The van der Waals surface area contributed by atoms with Gasteiger partial charge in [-0.1, -0.05) is 42.1 Å². The smallest absolute Gasteiger partial charge is 0.248 e. The van der Waals surface area contributed by atoms with E-state index in [1.54, 1.807) is 24.3 Å². The molecule has 8 heteroatoms. The van der Waals surface area contributed by atoms with Crippen LogP contribution in [0.15, 0.2) is 59.6 Å². The van der Waals surface area contributed by atoms with E-state index in [1.165, 1.54) is 18.7 Å². The molecule has 0 unspecified atom stereocenters. The van der Waals surface area contributed by atoms with E-state index in [9.17, 15) is 18.0 Å². The van der Waals surface area contributed by atoms with Crippen molar-refractivity contribution in [2.45, 2.75) is 31.1 Å². The molecule has 2 aromatic rings. The number of aliphatic imine (C=N–C) groups is 1. The molecule has 2 aliphatic heterocycles. The molecule has 2 atom stereocenters. The SMILES string of the molecule is CC(=O)c1ccc(N2C(=NC(=O)CCc3ccccc3)S[C@H]3CS(=O)(=O)C[C@@H]32)cc1. The molecule has 6 nitrogen and oxygen atoms in total. The lowest BCUT2D eigenvalue weighted by molar-refractivity contribution is -0.117. The van der Waals surface area contributed by atoms with Gasteiger partial charge in [-0.15, -0.1) is 0 Å². The molecule has 2 heterocycles. The maximum atomic E-state index is 12.5. The van der Waals surface area contributed by atoms with Crippen LogP contribution in [0.5, 0.6) is 0 Å². The molecular weight excluding hydrogens is 420 g/mol. The molecule has 0 aliphatic carbocycles. The van der Waals surface area contributed by atoms with Crippen LogP contribution in [0.1, 0.15) is 29.3 Å². The molecule has 1 amide bonds. The second-order valence-electron chi connectivity index (χ2n) is 7.55. The summed E-state index contributed by atoms with van der Waals surface area (Å²) in [5, 5.41) is 0.386. The molecule has 30 heavy (non-hydrogen) atoms. The molecular formula is C22H22N2O4S2. The van der Waals surface area contributed by atoms with Gasteiger partial charge < -0.3 is 4.90 Å². The number of ketones is 1. The number of nitrogens with zero attached hydrogens (tertiary/aromatic N) is 2. The first kappa shape index (κ1) is 20.8. The van der Waals surface area contributed by atoms with E-state index >= 15 is 0 Å². The van der Waals surface area contributed by atoms with E-state index in [1.807, 2.05) is 35.2 Å². The first-order valence-corrected chi connectivity index (χ1v) is 12.5. The number of rotatable bonds is 5. The Morgan fingerprint density at radius 2 is 1.77 bits per heavy atom. The first-order valence-electron chi connectivity index (χ1n) is 9.75. The Bertz CT molecular complexity index is 1100. The number of hydrogen-bond donors (Lipinski definition) is 0. The maximum Gasteiger partial charge on any atom is 0.248 e. The van der Waals surface area contributed by atoms with Crippen molar-refractivity contribution in [1.29, 1.82) is 0 Å². The number of aryl methyl sites for hydroxylation is 1. The number of amides is 1. The molecule has 156 valence electrons. The van der Waals surface area contributed by atoms with Gasteiger partial charge in [-0.2, -0.15) is 4.99 Å². The van der Waals surface area contributed by atoms with Crippen molar-refractivity contribution in [3.8, 4) is 0 Å². The van der Waals surface area contributed by atoms with Crippen LogP contribution in [0.4, 0.5) is 5.69 Å². The number of amidine groups is 1. The van der Waals surface area contributed by atoms with E-state index in [2.05, 4.69) is 4.99 Å². The van der Waals surface area contributed by atoms with Crippen LogP contribution >= 0.6 is 11.8 Å². The average molecular weight is 443 g/mol. The Morgan fingerprint density at radius 1 is 1.07 bits per heavy atom. The van der Waals surface area contributed by atoms with E-state index < -0.39 is 9.84 Å². The Morgan fingerprint density at radius 3 is 2.43 bits per heavy atom. The molecule has 0 N–H and O–H groups in total. The number of fused-ring (bicyclic) bond motifs is 1. The van der Waals surface area contributed by atoms with Crippen LogP contribution in [0, 0.1) is 0 Å². The molecule has 0 bridgehead atoms. The lowest BCUT2D eigenvalue weighted by atomic mass is 10.1. The van der Waals surface area contributed by atoms with Crippen molar-refractivity contribution in [2.75, 3.05) is 16.4 Å². The van der Waals surface area contributed by atoms with Crippen molar-refractivity contribution in [3.63, 3.8) is 0 Å². The minimum Gasteiger partial charge on any atom is -0.316 e. The summed E-state index contributed by atoms with van der Waals surface area (Å²) in [6.07, 6.45) is 0.897. The fraction of sp³-hybridized carbons (Fsp3) is 0.318. The minimum atomic E-state index is -3.12. The van der Waals surface area contributed by atoms with Crippen molar-refractivity contribution >= 4 is 44.1 Å². The van der Waals surface area contributed by atoms with Gasteiger partial charge in [0.2, 0.25) is 5.91 Å². The second-order valence-corrected chi connectivity index (χ2v) is 10.9. The van der Waals surface area contributed by atoms with Crippen LogP contribution in [-0.2, 0) is 21.1 Å². The molecule has 0 saturated carbocycles. The zero-order valence-corrected chi connectivity index (χ0v) is 18.2. The van der Waals surface area contributed by atoms with Crippen LogP contribution in [-0.4, -0.2) is 48.1 Å². The number of Topliss-reactive ketones (excluding diaryl/α,β-unsaturated/α-hetero) is 1. The third-order valence-electron chi connectivity index (χ3n) is 5.31. The van der Waals surface area contributed by atoms with Crippen molar-refractivity contribution in [3.05, 3.63) is 65.7 Å². The fourth-order valence-corrected chi connectivity index (χ4v) is 7.71. The lowest BCUT2D eigenvalue weighted by Crippen LogP contribution is -2.37. The summed E-state index contributed by atoms with van der Waals surface area (Å²) in [6.45, 7) is 1.50. The third kappa shape index (κ3) is 4.49. The Balaban J connectivity index is 1.58. The molecule has 2 aromatic carbocycles. The van der Waals surface area contributed by atoms with Gasteiger partial charge in [-0.25, -0.2) is 8.42 Å². The molecule has 2 saturated heterocycles. The minimum absolute atomic E-state index is 0.0380. The summed E-state index contributed by atoms with van der Waals surface area (Å²) in [6, 6.07) is 16.5. The van der Waals surface area contributed by atoms with Gasteiger partial charge in [0.1, 0.15) is 0 Å². The average Bonchev–Trinajstić information content (AvgIpc) is 3.18. The van der Waals surface area contributed by atoms with Crippen LogP contribution < -0.4 is 4.90 Å².